The van der Waals surface area contributed by atoms with E-state index in [9.17, 15) is 0 Å². The fraction of sp³-hybridized carbons (Fsp3) is 0.200. The molecule has 0 aliphatic heterocycles. The Bertz CT molecular complexity index is 1270. The zero-order valence-electron chi connectivity index (χ0n) is 19.8. The smallest absolute Gasteiger partial charge is 0.0710 e. The Balaban J connectivity index is 1.73. The summed E-state index contributed by atoms with van der Waals surface area (Å²) < 4.78 is 0. The van der Waals surface area contributed by atoms with Gasteiger partial charge in [-0.2, -0.15) is 0 Å². The van der Waals surface area contributed by atoms with E-state index in [1.165, 1.54) is 66.7 Å². The van der Waals surface area contributed by atoms with Crippen LogP contribution in [0.1, 0.15) is 44.5 Å². The molecule has 0 atom stereocenters. The van der Waals surface area contributed by atoms with Gasteiger partial charge in [-0.05, 0) is 69.2 Å². The molecule has 2 nitrogen and oxygen atoms in total. The SMILES string of the molecule is Cc1cc(C)c(NC2=C(Nc3c(C)cc(C)cc3C)c3cccc4cccc2c34)c(C)c1. The molecule has 0 spiro atoms. The molecule has 160 valence electrons. The molecule has 0 unspecified atom stereocenters. The fourth-order valence-corrected chi connectivity index (χ4v) is 5.29. The Hall–Kier alpha value is -3.52. The second kappa shape index (κ2) is 7.56. The van der Waals surface area contributed by atoms with E-state index in [-0.39, 0.29) is 0 Å². The number of hydrogen-bond acceptors (Lipinski definition) is 2. The highest BCUT2D eigenvalue weighted by Crippen LogP contribution is 2.44. The monoisotopic (exact) mass is 418 g/mol. The van der Waals surface area contributed by atoms with Crippen LogP contribution in [0.25, 0.3) is 22.2 Å². The Morgan fingerprint density at radius 2 is 0.875 bits per heavy atom. The molecule has 1 aliphatic rings. The quantitative estimate of drug-likeness (QED) is 0.350. The molecule has 2 N–H and O–H groups in total. The van der Waals surface area contributed by atoms with Crippen LogP contribution in [0.5, 0.6) is 0 Å². The van der Waals surface area contributed by atoms with Gasteiger partial charge < -0.3 is 10.6 Å². The summed E-state index contributed by atoms with van der Waals surface area (Å²) in [6.07, 6.45) is 0. The van der Waals surface area contributed by atoms with Crippen molar-refractivity contribution in [3.8, 4) is 0 Å². The van der Waals surface area contributed by atoms with Crippen molar-refractivity contribution in [2.75, 3.05) is 10.6 Å². The summed E-state index contributed by atoms with van der Waals surface area (Å²) in [5, 5.41) is 10.3. The summed E-state index contributed by atoms with van der Waals surface area (Å²) in [5.74, 6) is 0. The Morgan fingerprint density at radius 1 is 0.500 bits per heavy atom. The molecule has 32 heavy (non-hydrogen) atoms. The summed E-state index contributed by atoms with van der Waals surface area (Å²) in [6, 6.07) is 22.2. The van der Waals surface area contributed by atoms with Crippen LogP contribution in [-0.2, 0) is 0 Å². The summed E-state index contributed by atoms with van der Waals surface area (Å²) in [5.41, 5.74) is 14.8. The molecule has 2 heteroatoms. The normalized spacial score (nSPS) is 12.6. The van der Waals surface area contributed by atoms with E-state index < -0.39 is 0 Å². The molecule has 0 heterocycles. The second-order valence-corrected chi connectivity index (χ2v) is 9.26. The number of aryl methyl sites for hydroxylation is 6. The molecule has 0 amide bonds. The Morgan fingerprint density at radius 3 is 1.25 bits per heavy atom. The van der Waals surface area contributed by atoms with Crippen LogP contribution in [0.4, 0.5) is 11.4 Å². The van der Waals surface area contributed by atoms with Crippen LogP contribution in [0.15, 0.2) is 60.7 Å². The van der Waals surface area contributed by atoms with Crippen LogP contribution in [0.3, 0.4) is 0 Å². The zero-order chi connectivity index (χ0) is 22.6. The highest BCUT2D eigenvalue weighted by Gasteiger charge is 2.26. The Kier molecular flexibility index (Phi) is 4.82. The van der Waals surface area contributed by atoms with Gasteiger partial charge in [0.2, 0.25) is 0 Å². The molecular weight excluding hydrogens is 388 g/mol. The van der Waals surface area contributed by atoms with E-state index in [1.54, 1.807) is 0 Å². The van der Waals surface area contributed by atoms with Crippen molar-refractivity contribution in [3.05, 3.63) is 105 Å². The van der Waals surface area contributed by atoms with Crippen LogP contribution in [0.2, 0.25) is 0 Å². The van der Waals surface area contributed by atoms with Crippen LogP contribution in [-0.4, -0.2) is 0 Å². The molecule has 0 saturated carbocycles. The van der Waals surface area contributed by atoms with Gasteiger partial charge in [-0.15, -0.1) is 0 Å². The van der Waals surface area contributed by atoms with Crippen molar-refractivity contribution in [2.45, 2.75) is 41.5 Å². The number of rotatable bonds is 4. The summed E-state index contributed by atoms with van der Waals surface area (Å²) >= 11 is 0. The second-order valence-electron chi connectivity index (χ2n) is 9.26. The lowest BCUT2D eigenvalue weighted by Gasteiger charge is -2.20. The minimum Gasteiger partial charge on any atom is -0.353 e. The van der Waals surface area contributed by atoms with Gasteiger partial charge in [-0.1, -0.05) is 71.8 Å². The van der Waals surface area contributed by atoms with E-state index in [0.29, 0.717) is 0 Å². The highest BCUT2D eigenvalue weighted by molar-refractivity contribution is 6.18. The van der Waals surface area contributed by atoms with Gasteiger partial charge in [-0.3, -0.25) is 0 Å². The molecule has 1 aliphatic carbocycles. The molecule has 0 saturated heterocycles. The van der Waals surface area contributed by atoms with Crippen molar-refractivity contribution in [1.29, 1.82) is 0 Å². The van der Waals surface area contributed by atoms with E-state index in [4.69, 9.17) is 0 Å². The van der Waals surface area contributed by atoms with Crippen molar-refractivity contribution in [3.63, 3.8) is 0 Å². The summed E-state index contributed by atoms with van der Waals surface area (Å²) in [7, 11) is 0. The fourth-order valence-electron chi connectivity index (χ4n) is 5.29. The standard InChI is InChI=1S/C30H30N2/c1-17-13-19(3)27(20(4)14-17)31-29-24-11-7-9-23-10-8-12-25(26(23)24)30(29)32-28-21(5)15-18(2)16-22(28)6/h7-16,31-32H,1-6H3. The lowest BCUT2D eigenvalue weighted by Crippen LogP contribution is -2.08. The van der Waals surface area contributed by atoms with Crippen molar-refractivity contribution < 1.29 is 0 Å². The lowest BCUT2D eigenvalue weighted by molar-refractivity contribution is 1.30. The minimum atomic E-state index is 1.14. The van der Waals surface area contributed by atoms with E-state index in [2.05, 4.69) is 113 Å². The van der Waals surface area contributed by atoms with Gasteiger partial charge in [-0.25, -0.2) is 0 Å². The molecule has 0 fully saturated rings. The predicted octanol–water partition coefficient (Wildman–Crippen LogP) is 8.05. The van der Waals surface area contributed by atoms with Gasteiger partial charge in [0.15, 0.2) is 0 Å². The first-order valence-electron chi connectivity index (χ1n) is 11.3. The van der Waals surface area contributed by atoms with Crippen LogP contribution < -0.4 is 10.6 Å². The Labute approximate surface area is 191 Å². The predicted molar refractivity (Wildman–Crippen MR) is 139 cm³/mol. The van der Waals surface area contributed by atoms with E-state index in [1.807, 2.05) is 0 Å². The maximum Gasteiger partial charge on any atom is 0.0710 e. The first-order chi connectivity index (χ1) is 15.3. The molecular formula is C30H30N2. The van der Waals surface area contributed by atoms with Gasteiger partial charge >= 0.3 is 0 Å². The molecule has 0 bridgehead atoms. The average molecular weight is 419 g/mol. The van der Waals surface area contributed by atoms with E-state index in [0.717, 1.165) is 11.4 Å². The number of benzene rings is 4. The molecule has 4 aromatic carbocycles. The molecule has 0 aromatic heterocycles. The van der Waals surface area contributed by atoms with Gasteiger partial charge in [0.25, 0.3) is 0 Å². The van der Waals surface area contributed by atoms with Crippen molar-refractivity contribution in [2.24, 2.45) is 0 Å². The number of anilines is 2. The third-order valence-electron chi connectivity index (χ3n) is 6.55. The highest BCUT2D eigenvalue weighted by atomic mass is 15.0. The van der Waals surface area contributed by atoms with Gasteiger partial charge in [0.1, 0.15) is 0 Å². The summed E-state index contributed by atoms with van der Waals surface area (Å²) in [6.45, 7) is 13.1. The largest absolute Gasteiger partial charge is 0.353 e. The van der Waals surface area contributed by atoms with Crippen LogP contribution >= 0.6 is 0 Å². The minimum absolute atomic E-state index is 1.14. The lowest BCUT2D eigenvalue weighted by atomic mass is 10.0. The van der Waals surface area contributed by atoms with Gasteiger partial charge in [0, 0.05) is 27.9 Å². The topological polar surface area (TPSA) is 24.1 Å². The first-order valence-corrected chi connectivity index (χ1v) is 11.3. The van der Waals surface area contributed by atoms with E-state index >= 15 is 0 Å². The van der Waals surface area contributed by atoms with Crippen LogP contribution in [0, 0.1) is 41.5 Å². The third kappa shape index (κ3) is 3.27. The maximum atomic E-state index is 3.85. The zero-order valence-corrected chi connectivity index (χ0v) is 19.8. The number of hydrogen-bond donors (Lipinski definition) is 2. The van der Waals surface area contributed by atoms with Crippen molar-refractivity contribution in [1.82, 2.24) is 0 Å². The molecule has 0 radical (unpaired) electrons. The maximum absolute atomic E-state index is 3.85. The average Bonchev–Trinajstić information content (AvgIpc) is 3.02. The van der Waals surface area contributed by atoms with Crippen molar-refractivity contribution >= 4 is 33.5 Å². The van der Waals surface area contributed by atoms with Gasteiger partial charge in [0.05, 0.1) is 11.4 Å². The summed E-state index contributed by atoms with van der Waals surface area (Å²) in [4.78, 5) is 0. The number of nitrogens with one attached hydrogen (secondary N) is 2. The molecule has 4 aromatic rings. The molecule has 5 rings (SSSR count). The first kappa shape index (κ1) is 20.4. The third-order valence-corrected chi connectivity index (χ3v) is 6.55.